The molecule has 0 N–H and O–H groups in total. The predicted molar refractivity (Wildman–Crippen MR) is 254 cm³/mol. The minimum atomic E-state index is 0.0543. The van der Waals surface area contributed by atoms with Crippen LogP contribution in [-0.4, -0.2) is 4.98 Å². The first-order valence-electron chi connectivity index (χ1n) is 22.0. The average molecular weight is 799 g/mol. The number of thiophene rings is 1. The molecule has 2 heterocycles. The van der Waals surface area contributed by atoms with Crippen LogP contribution in [0.25, 0.3) is 92.0 Å². The smallest absolute Gasteiger partial charge is 0.187 e. The topological polar surface area (TPSA) is 17.2 Å². The van der Waals surface area contributed by atoms with Crippen molar-refractivity contribution in [2.75, 3.05) is 0 Å². The summed E-state index contributed by atoms with van der Waals surface area (Å²) < 4.78 is 2.63. The third kappa shape index (κ3) is 5.28. The zero-order valence-electron chi connectivity index (χ0n) is 33.8. The number of fused-ring (bicyclic) bond motifs is 6. The lowest BCUT2D eigenvalue weighted by Crippen LogP contribution is -2.55. The van der Waals surface area contributed by atoms with Gasteiger partial charge in [-0.25, -0.2) is 9.83 Å². The molecule has 0 saturated heterocycles. The second-order valence-electron chi connectivity index (χ2n) is 18.2. The quantitative estimate of drug-likeness (QED) is 0.159. The van der Waals surface area contributed by atoms with Crippen molar-refractivity contribution in [2.24, 2.45) is 23.7 Å². The van der Waals surface area contributed by atoms with Gasteiger partial charge in [0.2, 0.25) is 0 Å². The molecule has 5 aliphatic carbocycles. The zero-order valence-corrected chi connectivity index (χ0v) is 34.6. The SMILES string of the molecule is [C-]#[N+]c1ccc(-c2cccc3c2-c2cc(-c4cc(-c5ccccc5)nc(-c5cccc(-c6cccc7sc8ccccc8c67)c5)c4)ccc2C32C3CC4CC(C3)CC2C4)cc1. The molecule has 9 aromatic rings. The van der Waals surface area contributed by atoms with E-state index in [2.05, 4.69) is 163 Å². The minimum absolute atomic E-state index is 0.0543. The summed E-state index contributed by atoms with van der Waals surface area (Å²) >= 11 is 1.87. The standard InChI is InChI=1S/C58H42N2S/c1-59-45-23-20-37(21-24-45)46-15-8-17-51-56(46)49-32-39(22-25-50(49)58(51)43-27-35-26-36(29-43)30-44(58)28-35)42-33-52(38-10-3-2-4-11-38)60-53(34-42)41-13-7-12-40(31-41)47-16-9-19-55-57(47)48-14-5-6-18-54(48)61-55/h2-25,31-36,43-44H,26-30H2. The lowest BCUT2D eigenvalue weighted by atomic mass is 9.43. The van der Waals surface area contributed by atoms with Crippen LogP contribution in [0.2, 0.25) is 0 Å². The molecule has 5 aliphatic rings. The molecule has 7 aromatic carbocycles. The van der Waals surface area contributed by atoms with Gasteiger partial charge in [0.15, 0.2) is 5.69 Å². The van der Waals surface area contributed by atoms with Crippen molar-refractivity contribution >= 4 is 37.2 Å². The summed E-state index contributed by atoms with van der Waals surface area (Å²) in [4.78, 5) is 9.13. The van der Waals surface area contributed by atoms with E-state index in [1.54, 1.807) is 11.1 Å². The Balaban J connectivity index is 0.998. The molecular formula is C58H42N2S. The maximum Gasteiger partial charge on any atom is 0.187 e. The molecule has 290 valence electrons. The van der Waals surface area contributed by atoms with Gasteiger partial charge in [-0.1, -0.05) is 133 Å². The fourth-order valence-corrected chi connectivity index (χ4v) is 14.0. The first-order valence-corrected chi connectivity index (χ1v) is 22.8. The Labute approximate surface area is 361 Å². The number of hydrogen-bond donors (Lipinski definition) is 0. The highest BCUT2D eigenvalue weighted by Gasteiger charge is 2.61. The molecule has 61 heavy (non-hydrogen) atoms. The number of pyridine rings is 1. The molecule has 4 bridgehead atoms. The number of rotatable bonds is 5. The van der Waals surface area contributed by atoms with Gasteiger partial charge in [-0.3, -0.25) is 0 Å². The summed E-state index contributed by atoms with van der Waals surface area (Å²) in [6.45, 7) is 7.63. The first-order chi connectivity index (χ1) is 30.1. The van der Waals surface area contributed by atoms with Crippen LogP contribution in [0.5, 0.6) is 0 Å². The van der Waals surface area contributed by atoms with Crippen LogP contribution in [0, 0.1) is 30.2 Å². The summed E-state index contributed by atoms with van der Waals surface area (Å²) in [6.07, 6.45) is 6.83. The molecule has 2 aromatic heterocycles. The van der Waals surface area contributed by atoms with E-state index in [0.29, 0.717) is 17.5 Å². The highest BCUT2D eigenvalue weighted by molar-refractivity contribution is 7.25. The van der Waals surface area contributed by atoms with Gasteiger partial charge in [0.1, 0.15) is 0 Å². The summed E-state index contributed by atoms with van der Waals surface area (Å²) in [5.74, 6) is 3.12. The first kappa shape index (κ1) is 35.2. The number of nitrogens with zero attached hydrogens (tertiary/aromatic N) is 2. The van der Waals surface area contributed by atoms with Crippen LogP contribution in [0.4, 0.5) is 5.69 Å². The van der Waals surface area contributed by atoms with Crippen LogP contribution in [0.3, 0.4) is 0 Å². The monoisotopic (exact) mass is 798 g/mol. The Hall–Kier alpha value is -6.60. The molecule has 4 fully saturated rings. The Bertz CT molecular complexity index is 3250. The van der Waals surface area contributed by atoms with Crippen molar-refractivity contribution < 1.29 is 0 Å². The van der Waals surface area contributed by atoms with E-state index in [0.717, 1.165) is 34.4 Å². The maximum absolute atomic E-state index is 7.63. The summed E-state index contributed by atoms with van der Waals surface area (Å²) in [7, 11) is 0. The third-order valence-corrected chi connectivity index (χ3v) is 16.2. The van der Waals surface area contributed by atoms with Gasteiger partial charge in [0, 0.05) is 36.7 Å². The molecule has 14 rings (SSSR count). The largest absolute Gasteiger partial charge is 0.248 e. The van der Waals surface area contributed by atoms with Crippen LogP contribution < -0.4 is 0 Å². The van der Waals surface area contributed by atoms with Crippen LogP contribution in [0.1, 0.15) is 43.2 Å². The van der Waals surface area contributed by atoms with Crippen LogP contribution in [0.15, 0.2) is 170 Å². The lowest BCUT2D eigenvalue weighted by Gasteiger charge is -2.61. The maximum atomic E-state index is 7.63. The van der Waals surface area contributed by atoms with E-state index in [4.69, 9.17) is 11.6 Å². The fraction of sp³-hybridized carbons (Fsp3) is 0.172. The molecule has 0 atom stereocenters. The van der Waals surface area contributed by atoms with Gasteiger partial charge in [-0.05, 0) is 148 Å². The van der Waals surface area contributed by atoms with E-state index in [9.17, 15) is 0 Å². The normalized spacial score (nSPS) is 21.8. The number of benzene rings is 7. The molecule has 4 saturated carbocycles. The Morgan fingerprint density at radius 2 is 1.13 bits per heavy atom. The van der Waals surface area contributed by atoms with E-state index in [1.165, 1.54) is 96.8 Å². The van der Waals surface area contributed by atoms with Gasteiger partial charge in [-0.15, -0.1) is 11.3 Å². The van der Waals surface area contributed by atoms with Crippen molar-refractivity contribution in [1.29, 1.82) is 0 Å². The molecule has 0 aliphatic heterocycles. The van der Waals surface area contributed by atoms with Gasteiger partial charge in [-0.2, -0.15) is 0 Å². The lowest BCUT2D eigenvalue weighted by molar-refractivity contribution is -0.0399. The number of hydrogen-bond acceptors (Lipinski definition) is 2. The molecule has 3 heteroatoms. The Morgan fingerprint density at radius 1 is 0.475 bits per heavy atom. The van der Waals surface area contributed by atoms with Crippen molar-refractivity contribution in [3.8, 4) is 67.0 Å². The highest BCUT2D eigenvalue weighted by Crippen LogP contribution is 2.70. The molecule has 0 unspecified atom stereocenters. The van der Waals surface area contributed by atoms with Gasteiger partial charge >= 0.3 is 0 Å². The summed E-state index contributed by atoms with van der Waals surface area (Å²) in [6, 6.07) is 62.6. The van der Waals surface area contributed by atoms with Crippen LogP contribution in [-0.2, 0) is 5.41 Å². The third-order valence-electron chi connectivity index (χ3n) is 15.1. The summed E-state index contributed by atoms with van der Waals surface area (Å²) in [5.41, 5.74) is 18.1. The predicted octanol–water partition coefficient (Wildman–Crippen LogP) is 16.1. The molecular weight excluding hydrogens is 757 g/mol. The molecule has 0 amide bonds. The van der Waals surface area contributed by atoms with Gasteiger partial charge < -0.3 is 0 Å². The van der Waals surface area contributed by atoms with Crippen molar-refractivity contribution in [2.45, 2.75) is 37.5 Å². The zero-order chi connectivity index (χ0) is 40.2. The molecule has 2 nitrogen and oxygen atoms in total. The fourth-order valence-electron chi connectivity index (χ4n) is 12.9. The second kappa shape index (κ2) is 13.5. The van der Waals surface area contributed by atoms with E-state index >= 15 is 0 Å². The molecule has 1 spiro atoms. The van der Waals surface area contributed by atoms with Gasteiger partial charge in [0.25, 0.3) is 0 Å². The van der Waals surface area contributed by atoms with Crippen molar-refractivity contribution in [1.82, 2.24) is 4.98 Å². The van der Waals surface area contributed by atoms with Crippen molar-refractivity contribution in [3.05, 3.63) is 192 Å². The second-order valence-corrected chi connectivity index (χ2v) is 19.3. The van der Waals surface area contributed by atoms with E-state index < -0.39 is 0 Å². The highest BCUT2D eigenvalue weighted by atomic mass is 32.1. The van der Waals surface area contributed by atoms with Gasteiger partial charge in [0.05, 0.1) is 18.0 Å². The minimum Gasteiger partial charge on any atom is -0.248 e. The van der Waals surface area contributed by atoms with Crippen LogP contribution >= 0.6 is 11.3 Å². The molecule has 0 radical (unpaired) electrons. The van der Waals surface area contributed by atoms with E-state index in [-0.39, 0.29) is 5.41 Å². The Kier molecular flexibility index (Phi) is 7.76. The van der Waals surface area contributed by atoms with Crippen molar-refractivity contribution in [3.63, 3.8) is 0 Å². The van der Waals surface area contributed by atoms with E-state index in [1.807, 2.05) is 23.5 Å². The Morgan fingerprint density at radius 3 is 1.93 bits per heavy atom. The summed E-state index contributed by atoms with van der Waals surface area (Å²) in [5, 5.41) is 2.64. The average Bonchev–Trinajstić information content (AvgIpc) is 3.85. The number of aromatic nitrogens is 1.